The van der Waals surface area contributed by atoms with Crippen LogP contribution in [0.25, 0.3) is 6.08 Å². The summed E-state index contributed by atoms with van der Waals surface area (Å²) in [5.74, 6) is -13.0. The van der Waals surface area contributed by atoms with E-state index < -0.39 is 76.4 Å². The summed E-state index contributed by atoms with van der Waals surface area (Å²) in [4.78, 5) is 67.7. The molecule has 37 heavy (non-hydrogen) atoms. The number of amides is 1. The molecule has 0 heterocycles. The Balaban J connectivity index is 1.68. The third-order valence-electron chi connectivity index (χ3n) is 8.88. The summed E-state index contributed by atoms with van der Waals surface area (Å²) in [5, 5.41) is 34.3. The molecule has 3 fully saturated rings. The third-order valence-corrected chi connectivity index (χ3v) is 8.88. The van der Waals surface area contributed by atoms with Crippen molar-refractivity contribution in [2.45, 2.75) is 49.9 Å². The van der Waals surface area contributed by atoms with Gasteiger partial charge in [-0.2, -0.15) is 0 Å². The number of fused-ring (bicyclic) bond motifs is 3. The van der Waals surface area contributed by atoms with Crippen molar-refractivity contribution in [1.82, 2.24) is 4.90 Å². The average molecular weight is 511 g/mol. The number of likely N-dealkylation sites (N-methyl/N-ethyl adjacent to an activating group) is 1. The number of aromatic hydroxyl groups is 1. The van der Waals surface area contributed by atoms with Gasteiger partial charge >= 0.3 is 0 Å². The molecule has 0 spiro atoms. The van der Waals surface area contributed by atoms with Gasteiger partial charge in [0.15, 0.2) is 34.7 Å². The van der Waals surface area contributed by atoms with Crippen LogP contribution in [0.15, 0.2) is 17.7 Å². The molecular formula is C27H30N2O8. The van der Waals surface area contributed by atoms with Crippen molar-refractivity contribution in [2.75, 3.05) is 14.1 Å². The highest BCUT2D eigenvalue weighted by Gasteiger charge is 2.72. The molecule has 10 nitrogen and oxygen atoms in total. The predicted molar refractivity (Wildman–Crippen MR) is 129 cm³/mol. The topological polar surface area (TPSA) is 175 Å². The maximum Gasteiger partial charge on any atom is 0.235 e. The molecule has 3 saturated carbocycles. The van der Waals surface area contributed by atoms with Gasteiger partial charge < -0.3 is 21.1 Å². The van der Waals surface area contributed by atoms with Crippen LogP contribution >= 0.6 is 0 Å². The van der Waals surface area contributed by atoms with Gasteiger partial charge in [0, 0.05) is 11.5 Å². The molecule has 0 saturated heterocycles. The Labute approximate surface area is 213 Å². The van der Waals surface area contributed by atoms with E-state index in [0.717, 1.165) is 24.8 Å². The van der Waals surface area contributed by atoms with Crippen molar-refractivity contribution in [3.63, 3.8) is 0 Å². The summed E-state index contributed by atoms with van der Waals surface area (Å²) in [6.07, 6.45) is 2.99. The number of hydrogen-bond acceptors (Lipinski definition) is 9. The Morgan fingerprint density at radius 1 is 1.14 bits per heavy atom. The second-order valence-corrected chi connectivity index (χ2v) is 11.0. The number of nitrogens with two attached hydrogens (primary N) is 1. The zero-order valence-electron chi connectivity index (χ0n) is 20.8. The number of aliphatic hydroxyl groups is 2. The van der Waals surface area contributed by atoms with Crippen LogP contribution in [0.3, 0.4) is 0 Å². The molecule has 8 atom stereocenters. The number of benzene rings is 1. The van der Waals surface area contributed by atoms with Gasteiger partial charge in [-0.15, -0.1) is 0 Å². The van der Waals surface area contributed by atoms with Crippen molar-refractivity contribution in [2.24, 2.45) is 29.4 Å². The van der Waals surface area contributed by atoms with E-state index in [4.69, 9.17) is 5.73 Å². The van der Waals surface area contributed by atoms with Crippen LogP contribution in [-0.2, 0) is 19.2 Å². The number of aliphatic hydroxyl groups excluding tert-OH is 1. The summed E-state index contributed by atoms with van der Waals surface area (Å²) >= 11 is 0. The van der Waals surface area contributed by atoms with Crippen molar-refractivity contribution in [3.05, 3.63) is 34.4 Å². The van der Waals surface area contributed by atoms with Gasteiger partial charge in [-0.1, -0.05) is 30.7 Å². The first kappa shape index (κ1) is 25.4. The minimum absolute atomic E-state index is 0.0834. The van der Waals surface area contributed by atoms with Gasteiger partial charge in [0.25, 0.3) is 0 Å². The average Bonchev–Trinajstić information content (AvgIpc) is 2.79. The van der Waals surface area contributed by atoms with Crippen LogP contribution in [0, 0.1) is 23.7 Å². The summed E-state index contributed by atoms with van der Waals surface area (Å²) in [5.41, 5.74) is 4.22. The monoisotopic (exact) mass is 510 g/mol. The number of nitrogens with zero attached hydrogens (tertiary/aromatic N) is 1. The summed E-state index contributed by atoms with van der Waals surface area (Å²) in [7, 11) is 2.92. The third kappa shape index (κ3) is 3.25. The van der Waals surface area contributed by atoms with Gasteiger partial charge in [0.1, 0.15) is 5.75 Å². The first-order valence-corrected chi connectivity index (χ1v) is 12.4. The fourth-order valence-corrected chi connectivity index (χ4v) is 6.87. The maximum absolute atomic E-state index is 13.9. The maximum atomic E-state index is 13.9. The second-order valence-electron chi connectivity index (χ2n) is 11.0. The zero-order chi connectivity index (χ0) is 27.1. The number of carbonyl (C=O) groups is 5. The Hall–Kier alpha value is -3.21. The van der Waals surface area contributed by atoms with Crippen molar-refractivity contribution < 1.29 is 39.3 Å². The molecule has 196 valence electrons. The SMILES string of the molecule is C[C@@H]1c2ccc(C=C3CCC3)c(O)c2C(=O)C2C(=O)[C@@]3(O)C(=O)C(C(N)=O)C(=O)[C@H](N(C)C)[C@H]3[C@H](O)[C@H]21. The molecule has 0 aromatic heterocycles. The quantitative estimate of drug-likeness (QED) is 0.407. The van der Waals surface area contributed by atoms with Gasteiger partial charge in [0.05, 0.1) is 29.5 Å². The lowest BCUT2D eigenvalue weighted by Crippen LogP contribution is -2.77. The highest BCUT2D eigenvalue weighted by atomic mass is 16.3. The van der Waals surface area contributed by atoms with E-state index in [-0.39, 0.29) is 11.3 Å². The van der Waals surface area contributed by atoms with Crippen LogP contribution in [0.4, 0.5) is 0 Å². The number of carbonyl (C=O) groups excluding carboxylic acids is 5. The first-order valence-electron chi connectivity index (χ1n) is 12.4. The number of rotatable bonds is 3. The molecule has 1 aromatic carbocycles. The van der Waals surface area contributed by atoms with E-state index in [9.17, 15) is 39.3 Å². The molecule has 4 aliphatic rings. The molecule has 0 bridgehead atoms. The number of hydrogen-bond donors (Lipinski definition) is 4. The molecular weight excluding hydrogens is 480 g/mol. The van der Waals surface area contributed by atoms with E-state index in [1.807, 2.05) is 0 Å². The van der Waals surface area contributed by atoms with E-state index in [2.05, 4.69) is 0 Å². The highest BCUT2D eigenvalue weighted by Crippen LogP contribution is 2.54. The number of primary amides is 1. The van der Waals surface area contributed by atoms with Gasteiger partial charge in [0.2, 0.25) is 5.91 Å². The fourth-order valence-electron chi connectivity index (χ4n) is 6.87. The lowest BCUT2D eigenvalue weighted by atomic mass is 9.49. The number of allylic oxidation sites excluding steroid dienone is 1. The van der Waals surface area contributed by atoms with E-state index in [1.54, 1.807) is 25.1 Å². The van der Waals surface area contributed by atoms with Crippen molar-refractivity contribution >= 4 is 35.1 Å². The fraction of sp³-hybridized carbons (Fsp3) is 0.519. The largest absolute Gasteiger partial charge is 0.507 e. The molecule has 0 aliphatic heterocycles. The van der Waals surface area contributed by atoms with Gasteiger partial charge in [-0.05, 0) is 44.8 Å². The Morgan fingerprint density at radius 3 is 2.32 bits per heavy atom. The summed E-state index contributed by atoms with van der Waals surface area (Å²) in [6.45, 7) is 1.69. The van der Waals surface area contributed by atoms with Crippen LogP contribution in [-0.4, -0.2) is 81.1 Å². The number of phenolic OH excluding ortho intramolecular Hbond substituents is 1. The van der Waals surface area contributed by atoms with E-state index in [1.165, 1.54) is 19.0 Å². The predicted octanol–water partition coefficient (Wildman–Crippen LogP) is -0.0339. The summed E-state index contributed by atoms with van der Waals surface area (Å²) in [6, 6.07) is 1.99. The van der Waals surface area contributed by atoms with Crippen LogP contribution in [0.5, 0.6) is 5.75 Å². The van der Waals surface area contributed by atoms with Gasteiger partial charge in [-0.25, -0.2) is 0 Å². The molecule has 5 N–H and O–H groups in total. The Bertz CT molecular complexity index is 1290. The van der Waals surface area contributed by atoms with Gasteiger partial charge in [-0.3, -0.25) is 28.9 Å². The Morgan fingerprint density at radius 2 is 1.78 bits per heavy atom. The Kier molecular flexibility index (Phi) is 5.78. The lowest BCUT2D eigenvalue weighted by molar-refractivity contribution is -0.196. The molecule has 2 unspecified atom stereocenters. The number of phenols is 1. The van der Waals surface area contributed by atoms with Crippen molar-refractivity contribution in [1.29, 1.82) is 0 Å². The van der Waals surface area contributed by atoms with Crippen LogP contribution in [0.2, 0.25) is 0 Å². The molecule has 5 rings (SSSR count). The summed E-state index contributed by atoms with van der Waals surface area (Å²) < 4.78 is 0. The lowest BCUT2D eigenvalue weighted by Gasteiger charge is -2.56. The smallest absolute Gasteiger partial charge is 0.235 e. The standard InChI is InChI=1S/C27H30N2O8/c1-10-13-8-7-12(9-11-5-4-6-11)20(30)15(13)21(31)16-14(10)22(32)18-19(29(2)3)23(33)17(26(28)36)25(35)27(18,37)24(16)34/h7-10,14,16-19,22,30,32,37H,4-6H2,1-3H3,(H2,28,36)/t10-,14+,16?,17?,18+,19-,22-,27-/m1/s1. The minimum Gasteiger partial charge on any atom is -0.507 e. The van der Waals surface area contributed by atoms with E-state index >= 15 is 0 Å². The highest BCUT2D eigenvalue weighted by molar-refractivity contribution is 6.32. The minimum atomic E-state index is -2.99. The zero-order valence-corrected chi connectivity index (χ0v) is 20.8. The molecule has 4 aliphatic carbocycles. The van der Waals surface area contributed by atoms with Crippen molar-refractivity contribution in [3.8, 4) is 5.75 Å². The second kappa shape index (κ2) is 8.41. The molecule has 0 radical (unpaired) electrons. The van der Waals surface area contributed by atoms with Crippen LogP contribution in [0.1, 0.15) is 53.6 Å². The number of Topliss-reactive ketones (excluding diaryl/α,β-unsaturated/α-hetero) is 4. The number of ketones is 4. The molecule has 10 heteroatoms. The normalized spacial score (nSPS) is 37.0. The van der Waals surface area contributed by atoms with E-state index in [0.29, 0.717) is 11.1 Å². The molecule has 1 amide bonds. The first-order chi connectivity index (χ1) is 17.3. The van der Waals surface area contributed by atoms with Crippen LogP contribution < -0.4 is 5.73 Å². The molecule has 1 aromatic rings.